The van der Waals surface area contributed by atoms with Crippen LogP contribution in [0.25, 0.3) is 0 Å². The minimum Gasteiger partial charge on any atom is -0.225 e. The summed E-state index contributed by atoms with van der Waals surface area (Å²) in [5.74, 6) is 0. The van der Waals surface area contributed by atoms with Crippen LogP contribution in [0.5, 0.6) is 0 Å². The third-order valence-corrected chi connectivity index (χ3v) is 5.08. The second kappa shape index (κ2) is 6.00. The highest BCUT2D eigenvalue weighted by Crippen LogP contribution is 2.14. The molecule has 0 aliphatic rings. The number of benzene rings is 1. The van der Waals surface area contributed by atoms with Gasteiger partial charge in [-0.2, -0.15) is 0 Å². The van der Waals surface area contributed by atoms with E-state index in [4.69, 9.17) is 5.14 Å². The smallest absolute Gasteiger partial charge is 0.225 e. The summed E-state index contributed by atoms with van der Waals surface area (Å²) >= 11 is 0. The van der Waals surface area contributed by atoms with Crippen molar-refractivity contribution in [3.05, 3.63) is 24.3 Å². The Hall–Kier alpha value is -0.960. The Balaban J connectivity index is 2.97. The zero-order chi connectivity index (χ0) is 14.7. The van der Waals surface area contributed by atoms with E-state index in [9.17, 15) is 16.8 Å². The van der Waals surface area contributed by atoms with Crippen LogP contribution >= 0.6 is 0 Å². The lowest BCUT2D eigenvalue weighted by Crippen LogP contribution is -2.32. The van der Waals surface area contributed by atoms with E-state index in [1.54, 1.807) is 6.92 Å². The lowest BCUT2D eigenvalue weighted by atomic mass is 10.2. The maximum atomic E-state index is 12.0. The van der Waals surface area contributed by atoms with Crippen LogP contribution in [0.1, 0.15) is 26.7 Å². The molecule has 108 valence electrons. The van der Waals surface area contributed by atoms with E-state index in [-0.39, 0.29) is 15.8 Å². The largest absolute Gasteiger partial charge is 0.240 e. The molecule has 0 fully saturated rings. The van der Waals surface area contributed by atoms with Gasteiger partial charge in [-0.1, -0.05) is 13.3 Å². The van der Waals surface area contributed by atoms with Gasteiger partial charge in [0.1, 0.15) is 0 Å². The standard InChI is InChI=1S/C11H18N2O4S2/c1-3-4-9(2)13-19(16,17)11-7-5-10(6-8-11)18(12,14)15/h5-9,13H,3-4H2,1-2H3,(H2,12,14,15). The molecule has 0 aromatic heterocycles. The summed E-state index contributed by atoms with van der Waals surface area (Å²) in [6.07, 6.45) is 1.60. The zero-order valence-electron chi connectivity index (χ0n) is 10.8. The summed E-state index contributed by atoms with van der Waals surface area (Å²) < 4.78 is 48.6. The Morgan fingerprint density at radius 1 is 1.11 bits per heavy atom. The van der Waals surface area contributed by atoms with Gasteiger partial charge in [0.05, 0.1) is 9.79 Å². The Kier molecular flexibility index (Phi) is 5.08. The number of sulfonamides is 2. The summed E-state index contributed by atoms with van der Waals surface area (Å²) in [7, 11) is -7.44. The van der Waals surface area contributed by atoms with Crippen LogP contribution in [0.15, 0.2) is 34.1 Å². The second-order valence-corrected chi connectivity index (χ2v) is 7.60. The molecule has 6 nitrogen and oxygen atoms in total. The van der Waals surface area contributed by atoms with Gasteiger partial charge >= 0.3 is 0 Å². The van der Waals surface area contributed by atoms with E-state index in [0.717, 1.165) is 12.8 Å². The molecule has 0 bridgehead atoms. The fourth-order valence-electron chi connectivity index (χ4n) is 1.63. The van der Waals surface area contributed by atoms with Crippen molar-refractivity contribution >= 4 is 20.0 Å². The van der Waals surface area contributed by atoms with Crippen LogP contribution in [-0.2, 0) is 20.0 Å². The molecule has 0 heterocycles. The molecule has 1 aromatic rings. The molecule has 19 heavy (non-hydrogen) atoms. The van der Waals surface area contributed by atoms with Crippen LogP contribution in [0, 0.1) is 0 Å². The van der Waals surface area contributed by atoms with Crippen molar-refractivity contribution in [2.75, 3.05) is 0 Å². The van der Waals surface area contributed by atoms with Gasteiger partial charge in [-0.25, -0.2) is 26.7 Å². The summed E-state index contributed by atoms with van der Waals surface area (Å²) in [5, 5.41) is 4.94. The van der Waals surface area contributed by atoms with Crippen molar-refractivity contribution in [2.45, 2.75) is 42.5 Å². The fraction of sp³-hybridized carbons (Fsp3) is 0.455. The van der Waals surface area contributed by atoms with Crippen LogP contribution in [0.3, 0.4) is 0 Å². The first-order chi connectivity index (χ1) is 8.66. The van der Waals surface area contributed by atoms with Crippen LogP contribution in [0.2, 0.25) is 0 Å². The minimum atomic E-state index is -3.81. The molecule has 0 amide bonds. The van der Waals surface area contributed by atoms with E-state index >= 15 is 0 Å². The molecule has 0 aliphatic heterocycles. The predicted octanol–water partition coefficient (Wildman–Crippen LogP) is 0.801. The zero-order valence-corrected chi connectivity index (χ0v) is 12.5. The van der Waals surface area contributed by atoms with Crippen molar-refractivity contribution in [1.29, 1.82) is 0 Å². The molecule has 1 atom stereocenters. The topological polar surface area (TPSA) is 106 Å². The monoisotopic (exact) mass is 306 g/mol. The summed E-state index contributed by atoms with van der Waals surface area (Å²) in [5.41, 5.74) is 0. The van der Waals surface area contributed by atoms with Gasteiger partial charge in [0.25, 0.3) is 0 Å². The number of hydrogen-bond donors (Lipinski definition) is 2. The van der Waals surface area contributed by atoms with Gasteiger partial charge in [0, 0.05) is 6.04 Å². The molecular weight excluding hydrogens is 288 g/mol. The number of hydrogen-bond acceptors (Lipinski definition) is 4. The molecule has 0 saturated carbocycles. The van der Waals surface area contributed by atoms with Gasteiger partial charge < -0.3 is 0 Å². The van der Waals surface area contributed by atoms with E-state index < -0.39 is 20.0 Å². The average molecular weight is 306 g/mol. The maximum Gasteiger partial charge on any atom is 0.240 e. The molecule has 8 heteroatoms. The van der Waals surface area contributed by atoms with Crippen LogP contribution < -0.4 is 9.86 Å². The summed E-state index contributed by atoms with van der Waals surface area (Å²) in [6.45, 7) is 3.74. The normalized spacial score (nSPS) is 14.3. The quantitative estimate of drug-likeness (QED) is 0.810. The molecule has 0 saturated heterocycles. The Morgan fingerprint density at radius 3 is 2.00 bits per heavy atom. The minimum absolute atomic E-state index is 0.0165. The fourth-order valence-corrected chi connectivity index (χ4v) is 3.43. The number of rotatable bonds is 6. The van der Waals surface area contributed by atoms with Crippen molar-refractivity contribution in [1.82, 2.24) is 4.72 Å². The maximum absolute atomic E-state index is 12.0. The van der Waals surface area contributed by atoms with Crippen molar-refractivity contribution in [3.63, 3.8) is 0 Å². The van der Waals surface area contributed by atoms with Gasteiger partial charge in [0.2, 0.25) is 20.0 Å². The first-order valence-electron chi connectivity index (χ1n) is 5.82. The Labute approximate surface area is 114 Å². The molecule has 0 radical (unpaired) electrons. The van der Waals surface area contributed by atoms with Crippen LogP contribution in [0.4, 0.5) is 0 Å². The SMILES string of the molecule is CCCC(C)NS(=O)(=O)c1ccc(S(N)(=O)=O)cc1. The predicted molar refractivity (Wildman–Crippen MR) is 72.5 cm³/mol. The third kappa shape index (κ3) is 4.57. The Bertz CT molecular complexity index is 621. The molecule has 1 unspecified atom stereocenters. The summed E-state index contributed by atoms with van der Waals surface area (Å²) in [6, 6.07) is 4.62. The number of nitrogens with one attached hydrogen (secondary N) is 1. The van der Waals surface area contributed by atoms with Gasteiger partial charge in [0.15, 0.2) is 0 Å². The van der Waals surface area contributed by atoms with E-state index in [1.165, 1.54) is 24.3 Å². The first kappa shape index (κ1) is 16.1. The van der Waals surface area contributed by atoms with Gasteiger partial charge in [-0.3, -0.25) is 0 Å². The van der Waals surface area contributed by atoms with Crippen molar-refractivity contribution < 1.29 is 16.8 Å². The van der Waals surface area contributed by atoms with Crippen molar-refractivity contribution in [2.24, 2.45) is 5.14 Å². The lowest BCUT2D eigenvalue weighted by Gasteiger charge is -2.13. The molecule has 0 aliphatic carbocycles. The molecule has 0 spiro atoms. The summed E-state index contributed by atoms with van der Waals surface area (Å²) in [4.78, 5) is -0.101. The number of nitrogens with two attached hydrogens (primary N) is 1. The highest BCUT2D eigenvalue weighted by molar-refractivity contribution is 7.89. The van der Waals surface area contributed by atoms with Gasteiger partial charge in [-0.15, -0.1) is 0 Å². The van der Waals surface area contributed by atoms with E-state index in [1.807, 2.05) is 6.92 Å². The first-order valence-corrected chi connectivity index (χ1v) is 8.85. The van der Waals surface area contributed by atoms with E-state index in [0.29, 0.717) is 0 Å². The molecule has 1 rings (SSSR count). The average Bonchev–Trinajstić information content (AvgIpc) is 2.27. The molecular formula is C11H18N2O4S2. The van der Waals surface area contributed by atoms with Crippen molar-refractivity contribution in [3.8, 4) is 0 Å². The number of primary sulfonamides is 1. The van der Waals surface area contributed by atoms with E-state index in [2.05, 4.69) is 4.72 Å². The Morgan fingerprint density at radius 2 is 1.58 bits per heavy atom. The third-order valence-electron chi connectivity index (χ3n) is 2.54. The highest BCUT2D eigenvalue weighted by atomic mass is 32.2. The molecule has 1 aromatic carbocycles. The molecule has 3 N–H and O–H groups in total. The lowest BCUT2D eigenvalue weighted by molar-refractivity contribution is 0.543. The van der Waals surface area contributed by atoms with Crippen LogP contribution in [-0.4, -0.2) is 22.9 Å². The second-order valence-electron chi connectivity index (χ2n) is 4.33. The highest BCUT2D eigenvalue weighted by Gasteiger charge is 2.17. The van der Waals surface area contributed by atoms with Gasteiger partial charge in [-0.05, 0) is 37.6 Å².